The van der Waals surface area contributed by atoms with Crippen molar-refractivity contribution in [3.8, 4) is 0 Å². The molecule has 6 heteroatoms. The van der Waals surface area contributed by atoms with Crippen LogP contribution in [0.15, 0.2) is 0 Å². The topological polar surface area (TPSA) is 69.6 Å². The summed E-state index contributed by atoms with van der Waals surface area (Å²) in [5.41, 5.74) is -0.786. The molecule has 1 unspecified atom stereocenters. The predicted molar refractivity (Wildman–Crippen MR) is 86.7 cm³/mol. The highest BCUT2D eigenvalue weighted by atomic mass is 32.2. The van der Waals surface area contributed by atoms with Gasteiger partial charge in [0.25, 0.3) is 0 Å². The molecule has 0 heterocycles. The predicted octanol–water partition coefficient (Wildman–Crippen LogP) is 2.66. The van der Waals surface area contributed by atoms with Gasteiger partial charge in [0, 0.05) is 25.4 Å². The highest BCUT2D eigenvalue weighted by Gasteiger charge is 2.41. The fraction of sp³-hybridized carbons (Fsp3) is 0.867. The van der Waals surface area contributed by atoms with E-state index in [0.717, 1.165) is 18.6 Å². The number of carbonyl (C=O) groups excluding carboxylic acids is 1. The van der Waals surface area contributed by atoms with Gasteiger partial charge < -0.3 is 15.3 Å². The zero-order chi connectivity index (χ0) is 16.0. The summed E-state index contributed by atoms with van der Waals surface area (Å²) in [7, 11) is 1.76. The van der Waals surface area contributed by atoms with E-state index in [2.05, 4.69) is 12.2 Å². The number of amides is 2. The zero-order valence-corrected chi connectivity index (χ0v) is 14.3. The molecule has 21 heavy (non-hydrogen) atoms. The smallest absolute Gasteiger partial charge is 0.317 e. The lowest BCUT2D eigenvalue weighted by atomic mass is 9.71. The van der Waals surface area contributed by atoms with Crippen molar-refractivity contribution < 1.29 is 14.7 Å². The number of carbonyl (C=O) groups is 2. The second-order valence-electron chi connectivity index (χ2n) is 6.34. The molecule has 0 spiro atoms. The van der Waals surface area contributed by atoms with Crippen molar-refractivity contribution in [1.29, 1.82) is 0 Å². The van der Waals surface area contributed by atoms with Crippen LogP contribution in [0.2, 0.25) is 0 Å². The minimum absolute atomic E-state index is 0.132. The van der Waals surface area contributed by atoms with E-state index in [1.54, 1.807) is 23.7 Å². The Kier molecular flexibility index (Phi) is 6.84. The number of nitrogens with one attached hydrogen (secondary N) is 1. The Morgan fingerprint density at radius 2 is 2.00 bits per heavy atom. The van der Waals surface area contributed by atoms with Gasteiger partial charge in [-0.05, 0) is 44.8 Å². The summed E-state index contributed by atoms with van der Waals surface area (Å²) in [5, 5.41) is 12.4. The van der Waals surface area contributed by atoms with Crippen molar-refractivity contribution in [2.75, 3.05) is 25.6 Å². The van der Waals surface area contributed by atoms with Crippen LogP contribution in [0.25, 0.3) is 0 Å². The SMILES string of the molecule is CSCC(C)N(C)C(=O)NCC1(C(=O)O)CCC(C)CC1. The van der Waals surface area contributed by atoms with E-state index in [1.807, 2.05) is 13.2 Å². The quantitative estimate of drug-likeness (QED) is 0.790. The molecule has 2 N–H and O–H groups in total. The Balaban J connectivity index is 2.58. The highest BCUT2D eigenvalue weighted by Crippen LogP contribution is 2.38. The number of nitrogens with zero attached hydrogens (tertiary/aromatic N) is 1. The van der Waals surface area contributed by atoms with Gasteiger partial charge >= 0.3 is 12.0 Å². The molecule has 0 aromatic heterocycles. The first-order valence-electron chi connectivity index (χ1n) is 7.55. The average molecular weight is 316 g/mol. The van der Waals surface area contributed by atoms with Crippen molar-refractivity contribution in [2.45, 2.75) is 45.6 Å². The molecule has 1 atom stereocenters. The van der Waals surface area contributed by atoms with Crippen molar-refractivity contribution in [2.24, 2.45) is 11.3 Å². The maximum absolute atomic E-state index is 12.1. The van der Waals surface area contributed by atoms with E-state index in [1.165, 1.54) is 0 Å². The Bertz CT molecular complexity index is 368. The number of hydrogen-bond acceptors (Lipinski definition) is 3. The summed E-state index contributed by atoms with van der Waals surface area (Å²) in [5.74, 6) is 0.665. The minimum atomic E-state index is -0.786. The van der Waals surface area contributed by atoms with Crippen LogP contribution in [0.3, 0.4) is 0 Å². The molecule has 1 aliphatic rings. The number of urea groups is 1. The second-order valence-corrected chi connectivity index (χ2v) is 7.25. The van der Waals surface area contributed by atoms with Crippen LogP contribution in [0, 0.1) is 11.3 Å². The summed E-state index contributed by atoms with van der Waals surface area (Å²) in [4.78, 5) is 25.4. The van der Waals surface area contributed by atoms with E-state index in [4.69, 9.17) is 0 Å². The molecule has 0 bridgehead atoms. The van der Waals surface area contributed by atoms with Gasteiger partial charge in [-0.1, -0.05) is 6.92 Å². The standard InChI is InChI=1S/C15H28N2O3S/c1-11-5-7-15(8-6-11,13(18)19)10-16-14(20)17(3)12(2)9-21-4/h11-12H,5-10H2,1-4H3,(H,16,20)(H,18,19). The molecule has 0 aromatic carbocycles. The van der Waals surface area contributed by atoms with Gasteiger partial charge in [0.1, 0.15) is 0 Å². The summed E-state index contributed by atoms with van der Waals surface area (Å²) in [6, 6.07) is -0.0528. The normalized spacial score (nSPS) is 27.0. The van der Waals surface area contributed by atoms with Gasteiger partial charge in [-0.25, -0.2) is 4.79 Å². The van der Waals surface area contributed by atoms with Gasteiger partial charge in [-0.3, -0.25) is 4.79 Å². The molecule has 0 radical (unpaired) electrons. The first-order valence-corrected chi connectivity index (χ1v) is 8.95. The summed E-state index contributed by atoms with van der Waals surface area (Å²) in [6.07, 6.45) is 5.13. The Morgan fingerprint density at radius 3 is 2.48 bits per heavy atom. The molecule has 1 fully saturated rings. The second kappa shape index (κ2) is 7.92. The summed E-state index contributed by atoms with van der Waals surface area (Å²) >= 11 is 1.69. The lowest BCUT2D eigenvalue weighted by Crippen LogP contribution is -2.50. The van der Waals surface area contributed by atoms with Crippen molar-refractivity contribution in [3.63, 3.8) is 0 Å². The molecule has 0 aromatic rings. The minimum Gasteiger partial charge on any atom is -0.481 e. The van der Waals surface area contributed by atoms with Crippen LogP contribution in [-0.4, -0.2) is 53.6 Å². The maximum atomic E-state index is 12.1. The van der Waals surface area contributed by atoms with Crippen molar-refractivity contribution >= 4 is 23.8 Å². The molecule has 0 aliphatic heterocycles. The van der Waals surface area contributed by atoms with Gasteiger partial charge in [0.15, 0.2) is 0 Å². The van der Waals surface area contributed by atoms with E-state index < -0.39 is 11.4 Å². The third kappa shape index (κ3) is 4.80. The Morgan fingerprint density at radius 1 is 1.43 bits per heavy atom. The zero-order valence-electron chi connectivity index (χ0n) is 13.5. The fourth-order valence-electron chi connectivity index (χ4n) is 2.70. The van der Waals surface area contributed by atoms with Crippen LogP contribution in [0.4, 0.5) is 4.79 Å². The summed E-state index contributed by atoms with van der Waals surface area (Å²) in [6.45, 7) is 4.37. The Labute approximate surface area is 131 Å². The number of carboxylic acids is 1. The summed E-state index contributed by atoms with van der Waals surface area (Å²) < 4.78 is 0. The molecular weight excluding hydrogens is 288 g/mol. The molecule has 122 valence electrons. The molecular formula is C15H28N2O3S. The average Bonchev–Trinajstić information content (AvgIpc) is 2.45. The number of aliphatic carboxylic acids is 1. The van der Waals surface area contributed by atoms with Crippen LogP contribution >= 0.6 is 11.8 Å². The van der Waals surface area contributed by atoms with E-state index in [9.17, 15) is 14.7 Å². The number of carboxylic acid groups (broad SMARTS) is 1. The van der Waals surface area contributed by atoms with E-state index in [-0.39, 0.29) is 18.6 Å². The van der Waals surface area contributed by atoms with Gasteiger partial charge in [0.2, 0.25) is 0 Å². The molecule has 5 nitrogen and oxygen atoms in total. The molecule has 0 saturated heterocycles. The van der Waals surface area contributed by atoms with Crippen LogP contribution in [0.5, 0.6) is 0 Å². The first kappa shape index (κ1) is 18.1. The molecule has 2 amide bonds. The van der Waals surface area contributed by atoms with Crippen molar-refractivity contribution in [3.05, 3.63) is 0 Å². The van der Waals surface area contributed by atoms with Crippen molar-refractivity contribution in [1.82, 2.24) is 10.2 Å². The van der Waals surface area contributed by atoms with E-state index >= 15 is 0 Å². The van der Waals surface area contributed by atoms with Gasteiger partial charge in [0.05, 0.1) is 5.41 Å². The van der Waals surface area contributed by atoms with Crippen LogP contribution in [-0.2, 0) is 4.79 Å². The highest BCUT2D eigenvalue weighted by molar-refractivity contribution is 7.98. The monoisotopic (exact) mass is 316 g/mol. The van der Waals surface area contributed by atoms with Crippen LogP contribution in [0.1, 0.15) is 39.5 Å². The number of hydrogen-bond donors (Lipinski definition) is 2. The molecule has 1 aliphatic carbocycles. The van der Waals surface area contributed by atoms with E-state index in [0.29, 0.717) is 18.8 Å². The maximum Gasteiger partial charge on any atom is 0.317 e. The number of thioether (sulfide) groups is 1. The molecule has 1 rings (SSSR count). The van der Waals surface area contributed by atoms with Crippen LogP contribution < -0.4 is 5.32 Å². The third-order valence-corrected chi connectivity index (χ3v) is 5.47. The Hall–Kier alpha value is -0.910. The molecule has 1 saturated carbocycles. The first-order chi connectivity index (χ1) is 9.82. The largest absolute Gasteiger partial charge is 0.481 e. The third-order valence-electron chi connectivity index (χ3n) is 4.65. The lowest BCUT2D eigenvalue weighted by Gasteiger charge is -2.36. The fourth-order valence-corrected chi connectivity index (χ4v) is 3.41. The lowest BCUT2D eigenvalue weighted by molar-refractivity contribution is -0.151. The van der Waals surface area contributed by atoms with Gasteiger partial charge in [-0.2, -0.15) is 11.8 Å². The number of rotatable bonds is 6. The van der Waals surface area contributed by atoms with Gasteiger partial charge in [-0.15, -0.1) is 0 Å².